The highest BCUT2D eigenvalue weighted by molar-refractivity contribution is 5.87. The SMILES string of the molecule is Oc1cccc(C23C=C4CN(CCc5ccc(c(O)c5)-c5ccc(O)cc54)[C@H]2Cc2cccc(O)c23)c1. The first-order chi connectivity index (χ1) is 17.9. The molecule has 184 valence electrons. The number of phenolic OH excluding ortho intramolecular Hbond substituents is 4. The van der Waals surface area contributed by atoms with Gasteiger partial charge in [-0.3, -0.25) is 4.90 Å². The van der Waals surface area contributed by atoms with Crippen molar-refractivity contribution in [2.24, 2.45) is 0 Å². The molecule has 3 aliphatic heterocycles. The van der Waals surface area contributed by atoms with Crippen LogP contribution in [0.3, 0.4) is 0 Å². The van der Waals surface area contributed by atoms with Crippen LogP contribution >= 0.6 is 0 Å². The molecule has 5 nitrogen and oxygen atoms in total. The Balaban J connectivity index is 1.58. The Morgan fingerprint density at radius 3 is 2.38 bits per heavy atom. The molecule has 4 bridgehead atoms. The molecule has 0 amide bonds. The van der Waals surface area contributed by atoms with Crippen molar-refractivity contribution in [1.82, 2.24) is 4.90 Å². The molecule has 0 spiro atoms. The average Bonchev–Trinajstić information content (AvgIpc) is 3.23. The largest absolute Gasteiger partial charge is 0.508 e. The Morgan fingerprint density at radius 1 is 0.730 bits per heavy atom. The molecule has 4 aromatic rings. The minimum Gasteiger partial charge on any atom is -0.508 e. The molecule has 4 aromatic carbocycles. The Hall–Kier alpha value is -4.22. The fourth-order valence-corrected chi connectivity index (χ4v) is 6.85. The molecule has 5 heteroatoms. The van der Waals surface area contributed by atoms with E-state index in [1.54, 1.807) is 30.3 Å². The van der Waals surface area contributed by atoms with Crippen molar-refractivity contribution in [3.63, 3.8) is 0 Å². The number of hydrogen-bond acceptors (Lipinski definition) is 5. The molecule has 0 radical (unpaired) electrons. The van der Waals surface area contributed by atoms with Crippen LogP contribution in [-0.2, 0) is 18.3 Å². The lowest BCUT2D eigenvalue weighted by atomic mass is 9.68. The predicted octanol–water partition coefficient (Wildman–Crippen LogP) is 5.34. The Kier molecular flexibility index (Phi) is 4.69. The predicted molar refractivity (Wildman–Crippen MR) is 143 cm³/mol. The summed E-state index contributed by atoms with van der Waals surface area (Å²) in [5, 5.41) is 43.3. The summed E-state index contributed by atoms with van der Waals surface area (Å²) in [6.45, 7) is 1.42. The van der Waals surface area contributed by atoms with E-state index < -0.39 is 5.41 Å². The first kappa shape index (κ1) is 22.0. The molecule has 1 aliphatic carbocycles. The maximum absolute atomic E-state index is 11.3. The van der Waals surface area contributed by atoms with Gasteiger partial charge in [0.2, 0.25) is 0 Å². The van der Waals surface area contributed by atoms with Crippen LogP contribution in [0.5, 0.6) is 23.0 Å². The molecule has 3 heterocycles. The fourth-order valence-electron chi connectivity index (χ4n) is 6.85. The fraction of sp³-hybridized carbons (Fsp3) is 0.188. The summed E-state index contributed by atoms with van der Waals surface area (Å²) in [6.07, 6.45) is 3.76. The summed E-state index contributed by atoms with van der Waals surface area (Å²) >= 11 is 0. The number of phenols is 4. The lowest BCUT2D eigenvalue weighted by Crippen LogP contribution is -2.52. The van der Waals surface area contributed by atoms with Crippen LogP contribution in [0.4, 0.5) is 0 Å². The van der Waals surface area contributed by atoms with Gasteiger partial charge in [-0.2, -0.15) is 0 Å². The molecule has 0 aromatic heterocycles. The maximum Gasteiger partial charge on any atom is 0.123 e. The summed E-state index contributed by atoms with van der Waals surface area (Å²) in [5.41, 5.74) is 6.64. The zero-order valence-corrected chi connectivity index (χ0v) is 20.2. The van der Waals surface area contributed by atoms with Gasteiger partial charge in [0.05, 0.1) is 5.41 Å². The summed E-state index contributed by atoms with van der Waals surface area (Å²) in [7, 11) is 0. The first-order valence-corrected chi connectivity index (χ1v) is 12.7. The molecule has 3 atom stereocenters. The van der Waals surface area contributed by atoms with Gasteiger partial charge in [0.15, 0.2) is 0 Å². The van der Waals surface area contributed by atoms with Gasteiger partial charge in [-0.15, -0.1) is 0 Å². The van der Waals surface area contributed by atoms with Crippen LogP contribution < -0.4 is 0 Å². The second kappa shape index (κ2) is 7.89. The van der Waals surface area contributed by atoms with E-state index in [1.807, 2.05) is 36.4 Å². The van der Waals surface area contributed by atoms with E-state index in [1.165, 1.54) is 0 Å². The number of nitrogens with zero attached hydrogens (tertiary/aromatic N) is 1. The summed E-state index contributed by atoms with van der Waals surface area (Å²) < 4.78 is 0. The first-order valence-electron chi connectivity index (χ1n) is 12.7. The van der Waals surface area contributed by atoms with Gasteiger partial charge < -0.3 is 20.4 Å². The zero-order chi connectivity index (χ0) is 25.3. The van der Waals surface area contributed by atoms with Gasteiger partial charge in [-0.05, 0) is 88.7 Å². The van der Waals surface area contributed by atoms with E-state index in [-0.39, 0.29) is 29.0 Å². The summed E-state index contributed by atoms with van der Waals surface area (Å²) in [4.78, 5) is 2.46. The van der Waals surface area contributed by atoms with E-state index >= 15 is 0 Å². The topological polar surface area (TPSA) is 84.2 Å². The van der Waals surface area contributed by atoms with E-state index in [0.717, 1.165) is 63.9 Å². The van der Waals surface area contributed by atoms with Crippen molar-refractivity contribution >= 4 is 5.57 Å². The molecule has 2 unspecified atom stereocenters. The van der Waals surface area contributed by atoms with Gasteiger partial charge in [-0.25, -0.2) is 0 Å². The minimum atomic E-state index is -0.707. The maximum atomic E-state index is 11.3. The minimum absolute atomic E-state index is 0.0230. The van der Waals surface area contributed by atoms with E-state index in [4.69, 9.17) is 0 Å². The van der Waals surface area contributed by atoms with Crippen LogP contribution in [0.15, 0.2) is 84.9 Å². The molecule has 8 rings (SSSR count). The molecule has 4 N–H and O–H groups in total. The molecular weight excluding hydrogens is 462 g/mol. The highest BCUT2D eigenvalue weighted by Crippen LogP contribution is 2.55. The molecule has 0 saturated heterocycles. The van der Waals surface area contributed by atoms with Crippen LogP contribution in [-0.4, -0.2) is 44.5 Å². The van der Waals surface area contributed by atoms with Crippen LogP contribution in [0, 0.1) is 0 Å². The number of aromatic hydroxyl groups is 4. The number of rotatable bonds is 1. The molecule has 37 heavy (non-hydrogen) atoms. The normalized spacial score (nSPS) is 23.4. The van der Waals surface area contributed by atoms with E-state index in [2.05, 4.69) is 23.1 Å². The quantitative estimate of drug-likeness (QED) is 0.290. The molecular formula is C32H27NO4. The van der Waals surface area contributed by atoms with E-state index in [0.29, 0.717) is 6.54 Å². The van der Waals surface area contributed by atoms with Crippen molar-refractivity contribution in [2.45, 2.75) is 24.3 Å². The third kappa shape index (κ3) is 3.20. The van der Waals surface area contributed by atoms with Gasteiger partial charge in [0.25, 0.3) is 0 Å². The van der Waals surface area contributed by atoms with Crippen molar-refractivity contribution < 1.29 is 20.4 Å². The van der Waals surface area contributed by atoms with Crippen LogP contribution in [0.1, 0.15) is 27.8 Å². The lowest BCUT2D eigenvalue weighted by molar-refractivity contribution is 0.176. The number of benzene rings is 4. The zero-order valence-electron chi connectivity index (χ0n) is 20.2. The van der Waals surface area contributed by atoms with Crippen LogP contribution in [0.2, 0.25) is 0 Å². The third-order valence-corrected chi connectivity index (χ3v) is 8.41. The highest BCUT2D eigenvalue weighted by Gasteiger charge is 2.53. The molecule has 4 aliphatic rings. The van der Waals surface area contributed by atoms with Crippen molar-refractivity contribution in [3.05, 3.63) is 113 Å². The lowest BCUT2D eigenvalue weighted by Gasteiger charge is -2.46. The van der Waals surface area contributed by atoms with Crippen molar-refractivity contribution in [2.75, 3.05) is 13.1 Å². The van der Waals surface area contributed by atoms with Gasteiger partial charge in [0.1, 0.15) is 23.0 Å². The Bertz CT molecular complexity index is 1610. The monoisotopic (exact) mass is 489 g/mol. The van der Waals surface area contributed by atoms with Gasteiger partial charge in [-0.1, -0.05) is 42.5 Å². The summed E-state index contributed by atoms with van der Waals surface area (Å²) in [6, 6.07) is 24.2. The second-order valence-electron chi connectivity index (χ2n) is 10.4. The van der Waals surface area contributed by atoms with Crippen LogP contribution in [0.25, 0.3) is 16.7 Å². The third-order valence-electron chi connectivity index (χ3n) is 8.41. The average molecular weight is 490 g/mol. The Labute approximate surface area is 215 Å². The Morgan fingerprint density at radius 2 is 1.54 bits per heavy atom. The smallest absolute Gasteiger partial charge is 0.123 e. The van der Waals surface area contributed by atoms with Gasteiger partial charge >= 0.3 is 0 Å². The van der Waals surface area contributed by atoms with Crippen molar-refractivity contribution in [1.29, 1.82) is 0 Å². The standard InChI is InChI=1S/C32H27NO4/c34-23-5-2-4-22(15-23)32-17-21-18-33(30(32)14-20-3-1-6-28(36)31(20)32)12-11-19-7-9-26(29(37)13-19)25-10-8-24(35)16-27(21)25/h1-10,13,15-17,30,34-37H,11-12,14,18H2/t30-,32?/m0/s1. The number of hydrogen-bond donors (Lipinski definition) is 4. The van der Waals surface area contributed by atoms with Gasteiger partial charge in [0, 0.05) is 30.3 Å². The molecule has 0 fully saturated rings. The number of fused-ring (bicyclic) bond motifs is 6. The molecule has 0 saturated carbocycles. The second-order valence-corrected chi connectivity index (χ2v) is 10.4. The summed E-state index contributed by atoms with van der Waals surface area (Å²) in [5.74, 6) is 0.800. The van der Waals surface area contributed by atoms with Crippen molar-refractivity contribution in [3.8, 4) is 34.1 Å². The highest BCUT2D eigenvalue weighted by atomic mass is 16.3. The van der Waals surface area contributed by atoms with E-state index in [9.17, 15) is 20.4 Å².